The van der Waals surface area contributed by atoms with E-state index in [0.717, 1.165) is 61.6 Å². The molecule has 2 fully saturated rings. The zero-order valence-electron chi connectivity index (χ0n) is 19.4. The van der Waals surface area contributed by atoms with Crippen LogP contribution in [0.25, 0.3) is 28.1 Å². The molecule has 1 saturated carbocycles. The molecular weight excluding hydrogens is 430 g/mol. The number of hydrogen-bond donors (Lipinski definition) is 2. The highest BCUT2D eigenvalue weighted by Crippen LogP contribution is 2.29. The molecule has 2 N–H and O–H groups in total. The van der Waals surface area contributed by atoms with Gasteiger partial charge in [0, 0.05) is 37.3 Å². The molecule has 1 amide bonds. The van der Waals surface area contributed by atoms with Crippen LogP contribution in [-0.4, -0.2) is 72.9 Å². The van der Waals surface area contributed by atoms with E-state index in [2.05, 4.69) is 25.6 Å². The van der Waals surface area contributed by atoms with E-state index >= 15 is 0 Å². The van der Waals surface area contributed by atoms with Crippen LogP contribution in [0.4, 0.5) is 5.82 Å². The SMILES string of the molecule is CNc1cc(-c2nn(CCN3CCCCC3)c3ncccc23)nc2c(C(=O)NC3CC3)cnn12. The number of nitrogens with zero attached hydrogens (tertiary/aromatic N) is 7. The van der Waals surface area contributed by atoms with Crippen LogP contribution in [0, 0.1) is 0 Å². The molecule has 4 aromatic heterocycles. The Morgan fingerprint density at radius 2 is 2.00 bits per heavy atom. The lowest BCUT2D eigenvalue weighted by molar-refractivity contribution is 0.0952. The largest absolute Gasteiger partial charge is 0.373 e. The van der Waals surface area contributed by atoms with Crippen molar-refractivity contribution in [3.8, 4) is 11.4 Å². The highest BCUT2D eigenvalue weighted by molar-refractivity contribution is 6.00. The molecule has 5 heterocycles. The van der Waals surface area contributed by atoms with Gasteiger partial charge in [-0.3, -0.25) is 4.79 Å². The normalized spacial score (nSPS) is 16.9. The number of pyridine rings is 1. The first-order valence-corrected chi connectivity index (χ1v) is 12.1. The van der Waals surface area contributed by atoms with Crippen molar-refractivity contribution < 1.29 is 4.79 Å². The van der Waals surface area contributed by atoms with Gasteiger partial charge in [0.25, 0.3) is 5.91 Å². The monoisotopic (exact) mass is 459 g/mol. The number of amides is 1. The summed E-state index contributed by atoms with van der Waals surface area (Å²) in [4.78, 5) is 24.8. The summed E-state index contributed by atoms with van der Waals surface area (Å²) in [6, 6.07) is 6.14. The van der Waals surface area contributed by atoms with Gasteiger partial charge >= 0.3 is 0 Å². The molecule has 0 unspecified atom stereocenters. The second kappa shape index (κ2) is 8.68. The molecule has 0 radical (unpaired) electrons. The van der Waals surface area contributed by atoms with Gasteiger partial charge in [0.05, 0.1) is 18.4 Å². The predicted octanol–water partition coefficient (Wildman–Crippen LogP) is 2.56. The van der Waals surface area contributed by atoms with Gasteiger partial charge in [0.15, 0.2) is 11.3 Å². The van der Waals surface area contributed by atoms with Crippen LogP contribution in [0.3, 0.4) is 0 Å². The van der Waals surface area contributed by atoms with Crippen LogP contribution in [0.2, 0.25) is 0 Å². The van der Waals surface area contributed by atoms with E-state index in [1.54, 1.807) is 16.9 Å². The van der Waals surface area contributed by atoms with Gasteiger partial charge in [0.2, 0.25) is 0 Å². The molecule has 6 rings (SSSR count). The van der Waals surface area contributed by atoms with Gasteiger partial charge in [-0.05, 0) is 50.9 Å². The van der Waals surface area contributed by atoms with Gasteiger partial charge in [-0.25, -0.2) is 14.6 Å². The third-order valence-electron chi connectivity index (χ3n) is 6.71. The van der Waals surface area contributed by atoms with Crippen molar-refractivity contribution in [2.24, 2.45) is 0 Å². The average molecular weight is 460 g/mol. The first-order chi connectivity index (χ1) is 16.7. The molecule has 0 bridgehead atoms. The molecule has 1 aliphatic heterocycles. The molecule has 10 nitrogen and oxygen atoms in total. The summed E-state index contributed by atoms with van der Waals surface area (Å²) in [6.45, 7) is 4.03. The molecule has 34 heavy (non-hydrogen) atoms. The number of rotatable bonds is 7. The van der Waals surface area contributed by atoms with Crippen LogP contribution in [0.5, 0.6) is 0 Å². The van der Waals surface area contributed by atoms with Crippen LogP contribution < -0.4 is 10.6 Å². The lowest BCUT2D eigenvalue weighted by Crippen LogP contribution is -2.32. The molecule has 0 aromatic carbocycles. The molecule has 1 aliphatic carbocycles. The van der Waals surface area contributed by atoms with E-state index in [1.807, 2.05) is 29.9 Å². The van der Waals surface area contributed by atoms with Crippen molar-refractivity contribution in [3.05, 3.63) is 36.2 Å². The van der Waals surface area contributed by atoms with Gasteiger partial charge in [-0.2, -0.15) is 14.7 Å². The minimum absolute atomic E-state index is 0.136. The Labute approximate surface area is 197 Å². The zero-order valence-corrected chi connectivity index (χ0v) is 19.4. The quantitative estimate of drug-likeness (QED) is 0.438. The summed E-state index contributed by atoms with van der Waals surface area (Å²) < 4.78 is 3.65. The maximum Gasteiger partial charge on any atom is 0.256 e. The first kappa shape index (κ1) is 21.0. The van der Waals surface area contributed by atoms with Gasteiger partial charge in [0.1, 0.15) is 17.1 Å². The van der Waals surface area contributed by atoms with Crippen LogP contribution in [-0.2, 0) is 6.54 Å². The Morgan fingerprint density at radius 1 is 1.15 bits per heavy atom. The van der Waals surface area contributed by atoms with E-state index in [9.17, 15) is 4.79 Å². The number of fused-ring (bicyclic) bond motifs is 2. The molecule has 1 saturated heterocycles. The second-order valence-electron chi connectivity index (χ2n) is 9.17. The maximum atomic E-state index is 12.8. The topological polar surface area (TPSA) is 105 Å². The Hall–Kier alpha value is -3.53. The van der Waals surface area contributed by atoms with Gasteiger partial charge in [-0.1, -0.05) is 6.42 Å². The third kappa shape index (κ3) is 3.87. The molecule has 176 valence electrons. The van der Waals surface area contributed by atoms with Crippen molar-refractivity contribution in [3.63, 3.8) is 0 Å². The van der Waals surface area contributed by atoms with E-state index in [4.69, 9.17) is 10.1 Å². The minimum atomic E-state index is -0.136. The molecule has 0 atom stereocenters. The van der Waals surface area contributed by atoms with E-state index < -0.39 is 0 Å². The summed E-state index contributed by atoms with van der Waals surface area (Å²) in [5, 5.41) is 16.5. The summed E-state index contributed by atoms with van der Waals surface area (Å²) in [5.74, 6) is 0.605. The number of likely N-dealkylation sites (tertiary alicyclic amines) is 1. The van der Waals surface area contributed by atoms with Gasteiger partial charge < -0.3 is 15.5 Å². The average Bonchev–Trinajstić information content (AvgIpc) is 3.46. The van der Waals surface area contributed by atoms with Crippen LogP contribution in [0.15, 0.2) is 30.6 Å². The molecular formula is C24H29N9O. The summed E-state index contributed by atoms with van der Waals surface area (Å²) in [6.07, 6.45) is 9.30. The number of piperidine rings is 1. The number of aromatic nitrogens is 6. The zero-order chi connectivity index (χ0) is 23.1. The lowest BCUT2D eigenvalue weighted by atomic mass is 10.1. The summed E-state index contributed by atoms with van der Waals surface area (Å²) >= 11 is 0. The Bertz CT molecular complexity index is 1350. The van der Waals surface area contributed by atoms with Gasteiger partial charge in [-0.15, -0.1) is 0 Å². The van der Waals surface area contributed by atoms with Crippen molar-refractivity contribution in [2.75, 3.05) is 32.0 Å². The smallest absolute Gasteiger partial charge is 0.256 e. The fourth-order valence-corrected chi connectivity index (χ4v) is 4.69. The van der Waals surface area contributed by atoms with E-state index in [1.165, 1.54) is 19.3 Å². The highest BCUT2D eigenvalue weighted by atomic mass is 16.1. The number of anilines is 1. The maximum absolute atomic E-state index is 12.8. The van der Waals surface area contributed by atoms with E-state index in [0.29, 0.717) is 16.9 Å². The molecule has 4 aromatic rings. The number of nitrogens with one attached hydrogen (secondary N) is 2. The Balaban J connectivity index is 1.40. The second-order valence-corrected chi connectivity index (χ2v) is 9.17. The fourth-order valence-electron chi connectivity index (χ4n) is 4.69. The van der Waals surface area contributed by atoms with E-state index in [-0.39, 0.29) is 11.9 Å². The molecule has 10 heteroatoms. The standard InChI is InChI=1S/C24H29N9O/c1-25-20-14-19(29-23-18(15-27-33(20)23)24(34)28-16-7-8-16)21-17-6-5-9-26-22(17)32(30-21)13-12-31-10-3-2-4-11-31/h5-6,9,14-16,25H,2-4,7-8,10-13H2,1H3,(H,28,34). The van der Waals surface area contributed by atoms with Crippen molar-refractivity contribution in [1.82, 2.24) is 39.6 Å². The highest BCUT2D eigenvalue weighted by Gasteiger charge is 2.26. The number of carbonyl (C=O) groups is 1. The lowest BCUT2D eigenvalue weighted by Gasteiger charge is -2.26. The first-order valence-electron chi connectivity index (χ1n) is 12.1. The van der Waals surface area contributed by atoms with Crippen molar-refractivity contribution >= 4 is 28.4 Å². The number of hydrogen-bond acceptors (Lipinski definition) is 7. The minimum Gasteiger partial charge on any atom is -0.373 e. The Kier molecular flexibility index (Phi) is 5.37. The third-order valence-corrected chi connectivity index (χ3v) is 6.71. The van der Waals surface area contributed by atoms with Crippen LogP contribution >= 0.6 is 0 Å². The summed E-state index contributed by atoms with van der Waals surface area (Å²) in [7, 11) is 1.83. The van der Waals surface area contributed by atoms with Crippen LogP contribution in [0.1, 0.15) is 42.5 Å². The predicted molar refractivity (Wildman–Crippen MR) is 130 cm³/mol. The number of carbonyl (C=O) groups excluding carboxylic acids is 1. The summed E-state index contributed by atoms with van der Waals surface area (Å²) in [5.41, 5.74) is 3.28. The molecule has 0 spiro atoms. The van der Waals surface area contributed by atoms with Crippen molar-refractivity contribution in [1.29, 1.82) is 0 Å². The Morgan fingerprint density at radius 3 is 2.79 bits per heavy atom. The van der Waals surface area contributed by atoms with Crippen molar-refractivity contribution in [2.45, 2.75) is 44.7 Å². The molecule has 2 aliphatic rings. The fraction of sp³-hybridized carbons (Fsp3) is 0.458.